The molecule has 0 saturated carbocycles. The van der Waals surface area contributed by atoms with Gasteiger partial charge in [-0.2, -0.15) is 0 Å². The number of rotatable bonds is 2. The zero-order chi connectivity index (χ0) is 11.5. The summed E-state index contributed by atoms with van der Waals surface area (Å²) < 4.78 is 4.22. The Kier molecular flexibility index (Phi) is 3.47. The number of amides is 1. The third-order valence-electron chi connectivity index (χ3n) is 1.65. The van der Waals surface area contributed by atoms with Crippen molar-refractivity contribution < 1.29 is 4.79 Å². The highest BCUT2D eigenvalue weighted by molar-refractivity contribution is 9.10. The van der Waals surface area contributed by atoms with Crippen LogP contribution in [0.4, 0.5) is 5.69 Å². The summed E-state index contributed by atoms with van der Waals surface area (Å²) >= 11 is 10.1. The van der Waals surface area contributed by atoms with E-state index in [1.165, 1.54) is 6.20 Å². The fraction of sp³-hybridized carbons (Fsp3) is 0. The number of carbonyl (C=O) groups excluding carboxylic acids is 1. The summed E-state index contributed by atoms with van der Waals surface area (Å²) in [4.78, 5) is 15.5. The Morgan fingerprint density at radius 1 is 1.56 bits per heavy atom. The monoisotopic (exact) mass is 318 g/mol. The van der Waals surface area contributed by atoms with E-state index in [2.05, 4.69) is 35.8 Å². The number of nitrogens with one attached hydrogen (secondary N) is 1. The van der Waals surface area contributed by atoms with Crippen LogP contribution in [0.3, 0.4) is 0 Å². The molecule has 2 aromatic heterocycles. The number of anilines is 1. The van der Waals surface area contributed by atoms with E-state index in [9.17, 15) is 4.79 Å². The number of nitrogens with zero attached hydrogens (tertiary/aromatic N) is 3. The number of aromatic nitrogens is 3. The predicted molar refractivity (Wildman–Crippen MR) is 64.8 cm³/mol. The lowest BCUT2D eigenvalue weighted by Crippen LogP contribution is -2.12. The molecule has 0 aliphatic heterocycles. The third-order valence-corrected chi connectivity index (χ3v) is 3.29. The fourth-order valence-electron chi connectivity index (χ4n) is 0.948. The number of hydrogen-bond donors (Lipinski definition) is 1. The summed E-state index contributed by atoms with van der Waals surface area (Å²) in [7, 11) is 0. The van der Waals surface area contributed by atoms with Gasteiger partial charge in [0, 0.05) is 5.38 Å². The van der Waals surface area contributed by atoms with E-state index < -0.39 is 0 Å². The van der Waals surface area contributed by atoms with Crippen LogP contribution >= 0.6 is 39.1 Å². The van der Waals surface area contributed by atoms with E-state index >= 15 is 0 Å². The van der Waals surface area contributed by atoms with Gasteiger partial charge in [-0.15, -0.1) is 5.10 Å². The Morgan fingerprint density at radius 2 is 2.38 bits per heavy atom. The second-order valence-corrected chi connectivity index (χ2v) is 4.56. The van der Waals surface area contributed by atoms with Gasteiger partial charge in [0.05, 0.1) is 16.4 Å². The van der Waals surface area contributed by atoms with Crippen LogP contribution in [0.1, 0.15) is 10.5 Å². The molecular formula is C8H4BrClN4OS. The standard InChI is InChI=1S/C8H4BrClN4OS/c9-5-1-4(2-11-7(5)10)12-8(15)6-3-16-14-13-6/h1-3H,(H,12,15). The molecule has 0 atom stereocenters. The normalized spacial score (nSPS) is 10.1. The van der Waals surface area contributed by atoms with Crippen LogP contribution in [-0.2, 0) is 0 Å². The van der Waals surface area contributed by atoms with E-state index in [1.807, 2.05) is 0 Å². The smallest absolute Gasteiger partial charge is 0.277 e. The second-order valence-electron chi connectivity index (χ2n) is 2.74. The molecule has 2 rings (SSSR count). The molecule has 5 nitrogen and oxygen atoms in total. The van der Waals surface area contributed by atoms with Crippen molar-refractivity contribution in [3.05, 3.63) is 33.0 Å². The van der Waals surface area contributed by atoms with E-state index in [1.54, 1.807) is 11.4 Å². The summed E-state index contributed by atoms with van der Waals surface area (Å²) in [6.45, 7) is 0. The number of pyridine rings is 1. The SMILES string of the molecule is O=C(Nc1cnc(Cl)c(Br)c1)c1csnn1. The summed E-state index contributed by atoms with van der Waals surface area (Å²) in [6.07, 6.45) is 1.46. The number of carbonyl (C=O) groups is 1. The Labute approximate surface area is 108 Å². The van der Waals surface area contributed by atoms with E-state index in [0.29, 0.717) is 15.3 Å². The topological polar surface area (TPSA) is 67.8 Å². The van der Waals surface area contributed by atoms with Crippen molar-refractivity contribution in [3.8, 4) is 0 Å². The van der Waals surface area contributed by atoms with E-state index in [4.69, 9.17) is 11.6 Å². The van der Waals surface area contributed by atoms with Crippen molar-refractivity contribution in [1.82, 2.24) is 14.6 Å². The van der Waals surface area contributed by atoms with E-state index in [0.717, 1.165) is 11.5 Å². The average molecular weight is 320 g/mol. The molecule has 0 aromatic carbocycles. The Hall–Kier alpha value is -1.05. The van der Waals surface area contributed by atoms with Crippen LogP contribution in [0.15, 0.2) is 22.1 Å². The molecule has 0 aliphatic rings. The van der Waals surface area contributed by atoms with Crippen LogP contribution < -0.4 is 5.32 Å². The Balaban J connectivity index is 2.15. The molecule has 82 valence electrons. The van der Waals surface area contributed by atoms with Gasteiger partial charge < -0.3 is 5.32 Å². The maximum Gasteiger partial charge on any atom is 0.277 e. The molecule has 2 aromatic rings. The lowest BCUT2D eigenvalue weighted by atomic mass is 10.4. The van der Waals surface area contributed by atoms with Gasteiger partial charge in [0.25, 0.3) is 5.91 Å². The van der Waals surface area contributed by atoms with E-state index in [-0.39, 0.29) is 11.6 Å². The van der Waals surface area contributed by atoms with Crippen molar-refractivity contribution >= 4 is 50.7 Å². The lowest BCUT2D eigenvalue weighted by Gasteiger charge is -2.03. The van der Waals surface area contributed by atoms with Crippen molar-refractivity contribution in [2.24, 2.45) is 0 Å². The molecule has 1 N–H and O–H groups in total. The molecule has 8 heteroatoms. The van der Waals surface area contributed by atoms with Gasteiger partial charge in [-0.3, -0.25) is 4.79 Å². The van der Waals surface area contributed by atoms with Crippen molar-refractivity contribution in [2.75, 3.05) is 5.32 Å². The van der Waals surface area contributed by atoms with Gasteiger partial charge in [0.2, 0.25) is 0 Å². The Bertz CT molecular complexity index is 519. The molecular weight excluding hydrogens is 316 g/mol. The zero-order valence-corrected chi connectivity index (χ0v) is 10.8. The van der Waals surface area contributed by atoms with Crippen molar-refractivity contribution in [1.29, 1.82) is 0 Å². The molecule has 1 amide bonds. The Morgan fingerprint density at radius 3 is 3.00 bits per heavy atom. The summed E-state index contributed by atoms with van der Waals surface area (Å²) in [5, 5.41) is 8.18. The molecule has 2 heterocycles. The van der Waals surface area contributed by atoms with Crippen molar-refractivity contribution in [3.63, 3.8) is 0 Å². The van der Waals surface area contributed by atoms with Gasteiger partial charge in [-0.1, -0.05) is 16.1 Å². The number of halogens is 2. The molecule has 0 aliphatic carbocycles. The molecule has 0 spiro atoms. The van der Waals surface area contributed by atoms with Crippen LogP contribution in [0.25, 0.3) is 0 Å². The molecule has 0 saturated heterocycles. The van der Waals surface area contributed by atoms with Gasteiger partial charge in [0.15, 0.2) is 5.69 Å². The van der Waals surface area contributed by atoms with Crippen LogP contribution in [-0.4, -0.2) is 20.5 Å². The summed E-state index contributed by atoms with van der Waals surface area (Å²) in [6, 6.07) is 1.66. The van der Waals surface area contributed by atoms with Crippen LogP contribution in [0, 0.1) is 0 Å². The van der Waals surface area contributed by atoms with Gasteiger partial charge >= 0.3 is 0 Å². The maximum atomic E-state index is 11.6. The van der Waals surface area contributed by atoms with Gasteiger partial charge in [-0.25, -0.2) is 4.98 Å². The zero-order valence-electron chi connectivity index (χ0n) is 7.65. The second kappa shape index (κ2) is 4.86. The van der Waals surface area contributed by atoms with Gasteiger partial charge in [0.1, 0.15) is 5.15 Å². The number of hydrogen-bond acceptors (Lipinski definition) is 5. The quantitative estimate of drug-likeness (QED) is 0.864. The minimum Gasteiger partial charge on any atom is -0.319 e. The molecule has 0 unspecified atom stereocenters. The maximum absolute atomic E-state index is 11.6. The molecule has 0 radical (unpaired) electrons. The largest absolute Gasteiger partial charge is 0.319 e. The first kappa shape index (κ1) is 11.4. The minimum absolute atomic E-state index is 0.274. The summed E-state index contributed by atoms with van der Waals surface area (Å²) in [5.74, 6) is -0.329. The first-order valence-corrected chi connectivity index (χ1v) is 6.07. The molecule has 0 fully saturated rings. The first-order chi connectivity index (χ1) is 7.66. The van der Waals surface area contributed by atoms with Crippen molar-refractivity contribution in [2.45, 2.75) is 0 Å². The third kappa shape index (κ3) is 2.55. The first-order valence-electron chi connectivity index (χ1n) is 4.06. The van der Waals surface area contributed by atoms with Gasteiger partial charge in [-0.05, 0) is 33.5 Å². The van der Waals surface area contributed by atoms with Crippen LogP contribution in [0.5, 0.6) is 0 Å². The average Bonchev–Trinajstić information content (AvgIpc) is 2.77. The highest BCUT2D eigenvalue weighted by Crippen LogP contribution is 2.23. The summed E-state index contributed by atoms with van der Waals surface area (Å²) in [5.41, 5.74) is 0.811. The minimum atomic E-state index is -0.329. The molecule has 0 bridgehead atoms. The predicted octanol–water partition coefficient (Wildman–Crippen LogP) is 2.60. The highest BCUT2D eigenvalue weighted by atomic mass is 79.9. The lowest BCUT2D eigenvalue weighted by molar-refractivity contribution is 0.102. The highest BCUT2D eigenvalue weighted by Gasteiger charge is 2.09. The van der Waals surface area contributed by atoms with Crippen LogP contribution in [0.2, 0.25) is 5.15 Å². The fourth-order valence-corrected chi connectivity index (χ4v) is 1.84. The molecule has 16 heavy (non-hydrogen) atoms.